The predicted molar refractivity (Wildman–Crippen MR) is 66.0 cm³/mol. The summed E-state index contributed by atoms with van der Waals surface area (Å²) in [5.74, 6) is 0. The van der Waals surface area contributed by atoms with Gasteiger partial charge >= 0.3 is 13.8 Å². The Hall–Kier alpha value is 0.420. The smallest absolute Gasteiger partial charge is 0.437 e. The number of nitrogens with one attached hydrogen (secondary N) is 1. The van der Waals surface area contributed by atoms with E-state index in [4.69, 9.17) is 13.8 Å². The van der Waals surface area contributed by atoms with Crippen molar-refractivity contribution in [2.24, 2.45) is 0 Å². The van der Waals surface area contributed by atoms with Crippen LogP contribution in [0.4, 0.5) is 4.79 Å². The molecule has 1 amide bonds. The molecule has 0 aromatic rings. The second kappa shape index (κ2) is 8.51. The van der Waals surface area contributed by atoms with Crippen LogP contribution in [0, 0.1) is 0 Å². The minimum Gasteiger partial charge on any atom is -0.443 e. The van der Waals surface area contributed by atoms with Gasteiger partial charge in [-0.2, -0.15) is 0 Å². The number of rotatable bonds is 5. The molecule has 0 saturated heterocycles. The molecule has 0 aliphatic rings. The van der Waals surface area contributed by atoms with Crippen LogP contribution in [0.15, 0.2) is 0 Å². The van der Waals surface area contributed by atoms with Gasteiger partial charge in [-0.1, -0.05) is 0 Å². The van der Waals surface area contributed by atoms with Gasteiger partial charge in [0, 0.05) is 29.6 Å². The number of hydrogen-bond donors (Lipinski definition) is 1. The van der Waals surface area contributed by atoms with E-state index in [-0.39, 0.29) is 42.8 Å². The normalized spacial score (nSPS) is 11.6. The van der Waals surface area contributed by atoms with Crippen LogP contribution >= 0.6 is 7.75 Å². The first-order valence-corrected chi connectivity index (χ1v) is 6.67. The van der Waals surface area contributed by atoms with Crippen LogP contribution in [0.2, 0.25) is 0 Å². The van der Waals surface area contributed by atoms with Crippen LogP contribution in [0.25, 0.3) is 0 Å². The van der Waals surface area contributed by atoms with Crippen molar-refractivity contribution < 1.29 is 23.1 Å². The van der Waals surface area contributed by atoms with E-state index < -0.39 is 19.4 Å². The molecular formula is C9H20NNaO5P. The molecule has 8 heteroatoms. The van der Waals surface area contributed by atoms with Crippen molar-refractivity contribution in [3.05, 3.63) is 0 Å². The van der Waals surface area contributed by atoms with Crippen molar-refractivity contribution in [2.45, 2.75) is 40.2 Å². The van der Waals surface area contributed by atoms with Gasteiger partial charge in [0.1, 0.15) is 5.60 Å². The SMILES string of the molecule is CCOP(=O)(NC(=O)OC(C)(C)C)OCC.[Na]. The van der Waals surface area contributed by atoms with E-state index in [2.05, 4.69) is 5.09 Å². The fourth-order valence-corrected chi connectivity index (χ4v) is 2.01. The van der Waals surface area contributed by atoms with Gasteiger partial charge in [0.05, 0.1) is 13.2 Å². The first-order valence-electron chi connectivity index (χ1n) is 5.13. The third-order valence-electron chi connectivity index (χ3n) is 1.23. The van der Waals surface area contributed by atoms with Gasteiger partial charge in [0.25, 0.3) is 0 Å². The molecule has 1 N–H and O–H groups in total. The molecule has 97 valence electrons. The summed E-state index contributed by atoms with van der Waals surface area (Å²) in [4.78, 5) is 11.4. The topological polar surface area (TPSA) is 73.9 Å². The van der Waals surface area contributed by atoms with Gasteiger partial charge in [0.2, 0.25) is 0 Å². The van der Waals surface area contributed by atoms with Crippen molar-refractivity contribution in [3.8, 4) is 0 Å². The van der Waals surface area contributed by atoms with E-state index in [9.17, 15) is 9.36 Å². The van der Waals surface area contributed by atoms with Crippen LogP contribution in [-0.2, 0) is 18.3 Å². The molecule has 0 spiro atoms. The summed E-state index contributed by atoms with van der Waals surface area (Å²) in [5.41, 5.74) is -0.659. The summed E-state index contributed by atoms with van der Waals surface area (Å²) < 4.78 is 26.5. The fraction of sp³-hybridized carbons (Fsp3) is 0.889. The average molecular weight is 276 g/mol. The second-order valence-electron chi connectivity index (χ2n) is 3.95. The standard InChI is InChI=1S/C9H20NO5P.Na/c1-6-13-16(12,14-7-2)10-8(11)15-9(3,4)5;/h6-7H2,1-5H3,(H,10,11,12);. The molecule has 0 fully saturated rings. The van der Waals surface area contributed by atoms with E-state index in [0.717, 1.165) is 0 Å². The van der Waals surface area contributed by atoms with E-state index >= 15 is 0 Å². The Bertz CT molecular complexity index is 269. The van der Waals surface area contributed by atoms with E-state index in [1.165, 1.54) is 0 Å². The minimum atomic E-state index is -3.59. The molecule has 0 unspecified atom stereocenters. The molecule has 6 nitrogen and oxygen atoms in total. The summed E-state index contributed by atoms with van der Waals surface area (Å²) >= 11 is 0. The Morgan fingerprint density at radius 3 is 1.88 bits per heavy atom. The largest absolute Gasteiger partial charge is 0.443 e. The van der Waals surface area contributed by atoms with Crippen LogP contribution in [0.5, 0.6) is 0 Å². The Labute approximate surface area is 125 Å². The molecular weight excluding hydrogens is 256 g/mol. The Morgan fingerprint density at radius 1 is 1.18 bits per heavy atom. The number of amides is 1. The maximum absolute atomic E-state index is 11.9. The maximum Gasteiger partial charge on any atom is 0.437 e. The predicted octanol–water partition coefficient (Wildman–Crippen LogP) is 2.31. The molecule has 0 aliphatic carbocycles. The monoisotopic (exact) mass is 276 g/mol. The molecule has 0 aliphatic heterocycles. The second-order valence-corrected chi connectivity index (χ2v) is 5.68. The van der Waals surface area contributed by atoms with Crippen LogP contribution in [-0.4, -0.2) is 54.5 Å². The Morgan fingerprint density at radius 2 is 1.59 bits per heavy atom. The molecule has 0 aromatic carbocycles. The first-order chi connectivity index (χ1) is 7.22. The van der Waals surface area contributed by atoms with Crippen molar-refractivity contribution >= 4 is 43.4 Å². The zero-order chi connectivity index (χ0) is 12.8. The molecule has 0 atom stereocenters. The summed E-state index contributed by atoms with van der Waals surface area (Å²) in [6, 6.07) is 0. The van der Waals surface area contributed by atoms with E-state index in [0.29, 0.717) is 0 Å². The van der Waals surface area contributed by atoms with Gasteiger partial charge in [-0.15, -0.1) is 0 Å². The average Bonchev–Trinajstić information content (AvgIpc) is 1.99. The van der Waals surface area contributed by atoms with Crippen molar-refractivity contribution in [1.29, 1.82) is 0 Å². The van der Waals surface area contributed by atoms with E-state index in [1.807, 2.05) is 0 Å². The van der Waals surface area contributed by atoms with Gasteiger partial charge in [-0.25, -0.2) is 14.4 Å². The Balaban J connectivity index is 0. The van der Waals surface area contributed by atoms with Crippen molar-refractivity contribution in [2.75, 3.05) is 13.2 Å². The molecule has 0 aromatic heterocycles. The molecule has 17 heavy (non-hydrogen) atoms. The Kier molecular flexibility index (Phi) is 9.89. The zero-order valence-electron chi connectivity index (χ0n) is 11.4. The van der Waals surface area contributed by atoms with Gasteiger partial charge in [-0.05, 0) is 34.6 Å². The zero-order valence-corrected chi connectivity index (χ0v) is 14.3. The van der Waals surface area contributed by atoms with Crippen molar-refractivity contribution in [3.63, 3.8) is 0 Å². The molecule has 0 saturated carbocycles. The molecule has 0 bridgehead atoms. The maximum atomic E-state index is 11.9. The fourth-order valence-electron chi connectivity index (χ4n) is 0.854. The third kappa shape index (κ3) is 10.1. The summed E-state index contributed by atoms with van der Waals surface area (Å²) in [7, 11) is -3.59. The van der Waals surface area contributed by atoms with E-state index in [1.54, 1.807) is 34.6 Å². The number of hydrogen-bond acceptors (Lipinski definition) is 5. The summed E-state index contributed by atoms with van der Waals surface area (Å²) in [6.07, 6.45) is -0.822. The van der Waals surface area contributed by atoms with Crippen molar-refractivity contribution in [1.82, 2.24) is 5.09 Å². The molecule has 0 rings (SSSR count). The van der Waals surface area contributed by atoms with Crippen LogP contribution in [0.3, 0.4) is 0 Å². The van der Waals surface area contributed by atoms with Gasteiger partial charge in [-0.3, -0.25) is 9.05 Å². The first kappa shape index (κ1) is 19.8. The summed E-state index contributed by atoms with van der Waals surface area (Å²) in [5, 5.41) is 2.10. The summed E-state index contributed by atoms with van der Waals surface area (Å²) in [6.45, 7) is 8.78. The quantitative estimate of drug-likeness (QED) is 0.616. The number of carbonyl (C=O) groups excluding carboxylic acids is 1. The van der Waals surface area contributed by atoms with Gasteiger partial charge < -0.3 is 4.74 Å². The third-order valence-corrected chi connectivity index (χ3v) is 2.88. The van der Waals surface area contributed by atoms with Crippen LogP contribution in [0.1, 0.15) is 34.6 Å². The minimum absolute atomic E-state index is 0. The van der Waals surface area contributed by atoms with Crippen LogP contribution < -0.4 is 5.09 Å². The number of carbonyl (C=O) groups is 1. The van der Waals surface area contributed by atoms with Gasteiger partial charge in [0.15, 0.2) is 0 Å². The number of ether oxygens (including phenoxy) is 1. The molecule has 0 heterocycles. The molecule has 1 radical (unpaired) electrons.